The molecular weight excluding hydrogens is 228 g/mol. The summed E-state index contributed by atoms with van der Waals surface area (Å²) < 4.78 is 2.00. The number of thiol groups is 1. The summed E-state index contributed by atoms with van der Waals surface area (Å²) in [5, 5.41) is 0.167. The van der Waals surface area contributed by atoms with Gasteiger partial charge in [0, 0.05) is 18.8 Å². The first-order valence-electron chi connectivity index (χ1n) is 4.56. The Kier molecular flexibility index (Phi) is 4.72. The fourth-order valence-electron chi connectivity index (χ4n) is 1.38. The lowest BCUT2D eigenvalue weighted by Gasteiger charge is -2.11. The van der Waals surface area contributed by atoms with Gasteiger partial charge in [-0.05, 0) is 5.56 Å². The van der Waals surface area contributed by atoms with E-state index in [4.69, 9.17) is 0 Å². The van der Waals surface area contributed by atoms with Gasteiger partial charge in [-0.15, -0.1) is 12.4 Å². The van der Waals surface area contributed by atoms with E-state index in [2.05, 4.69) is 29.7 Å². The summed E-state index contributed by atoms with van der Waals surface area (Å²) in [7, 11) is 0. The first-order chi connectivity index (χ1) is 6.86. The molecule has 0 fully saturated rings. The topological polar surface area (TPSA) is 17.8 Å². The van der Waals surface area contributed by atoms with Crippen LogP contribution in [-0.2, 0) is 6.42 Å². The van der Waals surface area contributed by atoms with Gasteiger partial charge in [0.05, 0.1) is 11.7 Å². The van der Waals surface area contributed by atoms with Crippen LogP contribution in [-0.4, -0.2) is 9.55 Å². The summed E-state index contributed by atoms with van der Waals surface area (Å²) in [5.41, 5.74) is 1.29. The highest BCUT2D eigenvalue weighted by Gasteiger charge is 2.04. The lowest BCUT2D eigenvalue weighted by atomic mass is 10.1. The number of aromatic nitrogens is 2. The number of benzene rings is 1. The summed E-state index contributed by atoms with van der Waals surface area (Å²) in [6.45, 7) is 0. The van der Waals surface area contributed by atoms with Crippen LogP contribution in [0.3, 0.4) is 0 Å². The van der Waals surface area contributed by atoms with E-state index in [-0.39, 0.29) is 17.8 Å². The Morgan fingerprint density at radius 1 is 1.27 bits per heavy atom. The molecule has 0 N–H and O–H groups in total. The maximum atomic E-state index is 4.52. The predicted molar refractivity (Wildman–Crippen MR) is 67.6 cm³/mol. The zero-order valence-corrected chi connectivity index (χ0v) is 9.86. The van der Waals surface area contributed by atoms with Crippen LogP contribution in [0.25, 0.3) is 0 Å². The average Bonchev–Trinajstić information content (AvgIpc) is 2.72. The highest BCUT2D eigenvalue weighted by atomic mass is 35.5. The smallest absolute Gasteiger partial charge is 0.0955 e. The molecule has 1 heterocycles. The van der Waals surface area contributed by atoms with Gasteiger partial charge < -0.3 is 4.57 Å². The number of nitrogens with zero attached hydrogens (tertiary/aromatic N) is 2. The minimum absolute atomic E-state index is 0. The van der Waals surface area contributed by atoms with Gasteiger partial charge in [-0.3, -0.25) is 0 Å². The summed E-state index contributed by atoms with van der Waals surface area (Å²) in [6.07, 6.45) is 6.41. The Labute approximate surface area is 101 Å². The van der Waals surface area contributed by atoms with Crippen LogP contribution >= 0.6 is 25.0 Å². The molecule has 1 atom stereocenters. The van der Waals surface area contributed by atoms with Gasteiger partial charge >= 0.3 is 0 Å². The molecule has 0 radical (unpaired) electrons. The molecule has 0 bridgehead atoms. The summed E-state index contributed by atoms with van der Waals surface area (Å²) >= 11 is 4.52. The molecule has 1 aromatic heterocycles. The molecule has 80 valence electrons. The van der Waals surface area contributed by atoms with Gasteiger partial charge in [0.25, 0.3) is 0 Å². The van der Waals surface area contributed by atoms with E-state index >= 15 is 0 Å². The third-order valence-corrected chi connectivity index (χ3v) is 2.58. The molecule has 4 heteroatoms. The molecule has 1 aromatic carbocycles. The second-order valence-corrected chi connectivity index (χ2v) is 3.78. The predicted octanol–water partition coefficient (Wildman–Crippen LogP) is 2.98. The molecule has 0 saturated carbocycles. The zero-order chi connectivity index (χ0) is 9.80. The van der Waals surface area contributed by atoms with E-state index < -0.39 is 0 Å². The number of rotatable bonds is 3. The van der Waals surface area contributed by atoms with Crippen molar-refractivity contribution in [2.45, 2.75) is 11.8 Å². The van der Waals surface area contributed by atoms with Gasteiger partial charge in [-0.2, -0.15) is 12.6 Å². The molecule has 0 amide bonds. The van der Waals surface area contributed by atoms with Crippen molar-refractivity contribution in [3.8, 4) is 0 Å². The van der Waals surface area contributed by atoms with Crippen molar-refractivity contribution in [1.82, 2.24) is 9.55 Å². The third kappa shape index (κ3) is 3.29. The van der Waals surface area contributed by atoms with Crippen molar-refractivity contribution in [2.24, 2.45) is 0 Å². The molecule has 0 spiro atoms. The Hall–Kier alpha value is -0.930. The van der Waals surface area contributed by atoms with Crippen LogP contribution < -0.4 is 0 Å². The standard InChI is InChI=1S/C11H12N2S.ClH/c14-11(13-7-6-12-9-13)8-10-4-2-1-3-5-10;/h1-7,9,11,14H,8H2;1H. The molecule has 0 aliphatic rings. The normalized spacial score (nSPS) is 11.8. The minimum Gasteiger partial charge on any atom is -0.325 e. The molecule has 2 rings (SSSR count). The van der Waals surface area contributed by atoms with E-state index in [1.54, 1.807) is 12.5 Å². The Balaban J connectivity index is 0.00000112. The molecule has 2 aromatic rings. The quantitative estimate of drug-likeness (QED) is 0.817. The van der Waals surface area contributed by atoms with E-state index in [0.29, 0.717) is 0 Å². The maximum Gasteiger partial charge on any atom is 0.0955 e. The van der Waals surface area contributed by atoms with Gasteiger partial charge in [0.2, 0.25) is 0 Å². The lowest BCUT2D eigenvalue weighted by molar-refractivity contribution is 0.679. The van der Waals surface area contributed by atoms with E-state index in [1.807, 2.05) is 29.0 Å². The lowest BCUT2D eigenvalue weighted by Crippen LogP contribution is -2.03. The van der Waals surface area contributed by atoms with E-state index in [0.717, 1.165) is 6.42 Å². The minimum atomic E-state index is 0. The second-order valence-electron chi connectivity index (χ2n) is 3.18. The molecule has 15 heavy (non-hydrogen) atoms. The highest BCUT2D eigenvalue weighted by Crippen LogP contribution is 2.17. The van der Waals surface area contributed by atoms with Crippen molar-refractivity contribution in [2.75, 3.05) is 0 Å². The van der Waals surface area contributed by atoms with Gasteiger partial charge in [-0.25, -0.2) is 4.98 Å². The van der Waals surface area contributed by atoms with Crippen molar-refractivity contribution >= 4 is 25.0 Å². The molecule has 2 nitrogen and oxygen atoms in total. The van der Waals surface area contributed by atoms with Crippen LogP contribution in [0.15, 0.2) is 49.1 Å². The zero-order valence-electron chi connectivity index (χ0n) is 8.15. The monoisotopic (exact) mass is 240 g/mol. The van der Waals surface area contributed by atoms with Gasteiger partial charge in [-0.1, -0.05) is 30.3 Å². The van der Waals surface area contributed by atoms with Crippen LogP contribution in [0, 0.1) is 0 Å². The highest BCUT2D eigenvalue weighted by molar-refractivity contribution is 7.80. The number of hydrogen-bond acceptors (Lipinski definition) is 2. The van der Waals surface area contributed by atoms with Gasteiger partial charge in [0.15, 0.2) is 0 Å². The molecular formula is C11H13ClN2S. The number of hydrogen-bond donors (Lipinski definition) is 1. The number of imidazole rings is 1. The van der Waals surface area contributed by atoms with E-state index in [1.165, 1.54) is 5.56 Å². The summed E-state index contributed by atoms with van der Waals surface area (Å²) in [4.78, 5) is 4.00. The van der Waals surface area contributed by atoms with Crippen LogP contribution in [0.2, 0.25) is 0 Å². The average molecular weight is 241 g/mol. The second kappa shape index (κ2) is 5.83. The molecule has 0 aliphatic carbocycles. The Morgan fingerprint density at radius 2 is 2.00 bits per heavy atom. The SMILES string of the molecule is Cl.SC(Cc1ccccc1)n1ccnc1. The largest absolute Gasteiger partial charge is 0.325 e. The van der Waals surface area contributed by atoms with Gasteiger partial charge in [0.1, 0.15) is 0 Å². The fraction of sp³-hybridized carbons (Fsp3) is 0.182. The van der Waals surface area contributed by atoms with Crippen molar-refractivity contribution < 1.29 is 0 Å². The first kappa shape index (κ1) is 12.1. The Morgan fingerprint density at radius 3 is 2.60 bits per heavy atom. The summed E-state index contributed by atoms with van der Waals surface area (Å²) in [5.74, 6) is 0. The van der Waals surface area contributed by atoms with Crippen molar-refractivity contribution in [3.63, 3.8) is 0 Å². The first-order valence-corrected chi connectivity index (χ1v) is 5.07. The van der Waals surface area contributed by atoms with Crippen molar-refractivity contribution in [3.05, 3.63) is 54.6 Å². The summed E-state index contributed by atoms with van der Waals surface area (Å²) in [6, 6.07) is 10.3. The number of halogens is 1. The molecule has 0 aliphatic heterocycles. The van der Waals surface area contributed by atoms with Crippen LogP contribution in [0.4, 0.5) is 0 Å². The third-order valence-electron chi connectivity index (χ3n) is 2.13. The fourth-order valence-corrected chi connectivity index (χ4v) is 1.72. The molecule has 1 unspecified atom stereocenters. The van der Waals surface area contributed by atoms with Crippen molar-refractivity contribution in [1.29, 1.82) is 0 Å². The van der Waals surface area contributed by atoms with Crippen LogP contribution in [0.1, 0.15) is 10.9 Å². The van der Waals surface area contributed by atoms with Crippen LogP contribution in [0.5, 0.6) is 0 Å². The Bertz CT molecular complexity index is 375. The maximum absolute atomic E-state index is 4.52. The van der Waals surface area contributed by atoms with E-state index in [9.17, 15) is 0 Å². The molecule has 0 saturated heterocycles.